The predicted octanol–water partition coefficient (Wildman–Crippen LogP) is 1.03. The molecule has 2 saturated heterocycles. The molecule has 2 N–H and O–H groups in total. The third-order valence-corrected chi connectivity index (χ3v) is 5.76. The molecule has 3 aliphatic rings. The molecule has 25 heavy (non-hydrogen) atoms. The van der Waals surface area contributed by atoms with Gasteiger partial charge < -0.3 is 15.5 Å². The maximum absolute atomic E-state index is 4.90. The lowest BCUT2D eigenvalue weighted by Crippen LogP contribution is -2.52. The van der Waals surface area contributed by atoms with Crippen LogP contribution in [0.3, 0.4) is 0 Å². The number of likely N-dealkylation sites (N-methyl/N-ethyl adjacent to an activating group) is 2. The van der Waals surface area contributed by atoms with Gasteiger partial charge in [-0.1, -0.05) is 0 Å². The first-order valence-corrected chi connectivity index (χ1v) is 9.76. The van der Waals surface area contributed by atoms with E-state index in [1.165, 1.54) is 25.8 Å². The van der Waals surface area contributed by atoms with E-state index in [0.29, 0.717) is 18.1 Å². The van der Waals surface area contributed by atoms with Crippen molar-refractivity contribution in [1.29, 1.82) is 0 Å². The van der Waals surface area contributed by atoms with E-state index in [1.54, 1.807) is 0 Å². The van der Waals surface area contributed by atoms with E-state index in [-0.39, 0.29) is 24.0 Å². The Balaban J connectivity index is 0.00000225. The third-order valence-electron chi connectivity index (χ3n) is 5.76. The summed E-state index contributed by atoms with van der Waals surface area (Å²) in [6, 6.07) is 2.61. The summed E-state index contributed by atoms with van der Waals surface area (Å²) in [5, 5.41) is 7.13. The van der Waals surface area contributed by atoms with Crippen LogP contribution >= 0.6 is 24.0 Å². The van der Waals surface area contributed by atoms with Gasteiger partial charge in [-0.15, -0.1) is 24.0 Å². The molecule has 146 valence electrons. The summed E-state index contributed by atoms with van der Waals surface area (Å²) in [7, 11) is 4.43. The van der Waals surface area contributed by atoms with Gasteiger partial charge in [0.1, 0.15) is 0 Å². The van der Waals surface area contributed by atoms with Crippen LogP contribution in [0.5, 0.6) is 0 Å². The second-order valence-corrected chi connectivity index (χ2v) is 7.97. The van der Waals surface area contributed by atoms with Gasteiger partial charge >= 0.3 is 0 Å². The largest absolute Gasteiger partial charge is 0.357 e. The van der Waals surface area contributed by atoms with Gasteiger partial charge in [-0.05, 0) is 47.2 Å². The zero-order valence-corrected chi connectivity index (χ0v) is 18.7. The molecule has 0 radical (unpaired) electrons. The van der Waals surface area contributed by atoms with Gasteiger partial charge in [-0.25, -0.2) is 0 Å². The number of likely N-dealkylation sites (tertiary alicyclic amines) is 1. The maximum atomic E-state index is 4.90. The van der Waals surface area contributed by atoms with Gasteiger partial charge in [0.05, 0.1) is 6.54 Å². The lowest BCUT2D eigenvalue weighted by molar-refractivity contribution is 0.119. The molecule has 3 atom stereocenters. The zero-order chi connectivity index (χ0) is 17.1. The highest BCUT2D eigenvalue weighted by Gasteiger charge is 2.38. The fraction of sp³-hybridized carbons (Fsp3) is 0.944. The number of hydrogen-bond acceptors (Lipinski definition) is 4. The molecule has 3 rings (SSSR count). The Morgan fingerprint density at radius 2 is 1.92 bits per heavy atom. The predicted molar refractivity (Wildman–Crippen MR) is 116 cm³/mol. The van der Waals surface area contributed by atoms with Gasteiger partial charge in [0.15, 0.2) is 5.96 Å². The fourth-order valence-electron chi connectivity index (χ4n) is 4.08. The molecule has 2 heterocycles. The van der Waals surface area contributed by atoms with Crippen molar-refractivity contribution in [2.24, 2.45) is 4.99 Å². The van der Waals surface area contributed by atoms with E-state index in [0.717, 1.165) is 44.7 Å². The lowest BCUT2D eigenvalue weighted by atomic mass is 10.2. The summed E-state index contributed by atoms with van der Waals surface area (Å²) in [5.74, 6) is 0.994. The van der Waals surface area contributed by atoms with E-state index < -0.39 is 0 Å². The number of nitrogens with one attached hydrogen (secondary N) is 2. The molecule has 0 spiro atoms. The summed E-state index contributed by atoms with van der Waals surface area (Å²) in [6.45, 7) is 10.9. The lowest BCUT2D eigenvalue weighted by Gasteiger charge is -2.37. The molecule has 6 nitrogen and oxygen atoms in total. The van der Waals surface area contributed by atoms with Crippen molar-refractivity contribution in [2.75, 3.05) is 53.4 Å². The van der Waals surface area contributed by atoms with Gasteiger partial charge in [-0.3, -0.25) is 14.8 Å². The number of nitrogens with zero attached hydrogens (tertiary/aromatic N) is 4. The molecule has 0 aromatic heterocycles. The molecular weight excluding hydrogens is 427 g/mol. The van der Waals surface area contributed by atoms with Crippen LogP contribution < -0.4 is 10.6 Å². The van der Waals surface area contributed by atoms with Crippen LogP contribution in [-0.2, 0) is 0 Å². The third kappa shape index (κ3) is 5.94. The second-order valence-electron chi connectivity index (χ2n) is 7.97. The Morgan fingerprint density at radius 1 is 1.16 bits per heavy atom. The zero-order valence-electron chi connectivity index (χ0n) is 16.4. The molecule has 0 aromatic carbocycles. The monoisotopic (exact) mass is 464 g/mol. The first-order valence-electron chi connectivity index (χ1n) is 9.76. The Labute approximate surface area is 170 Å². The van der Waals surface area contributed by atoms with Crippen molar-refractivity contribution in [2.45, 2.75) is 57.3 Å². The quantitative estimate of drug-likeness (QED) is 0.362. The highest BCUT2D eigenvalue weighted by atomic mass is 127. The van der Waals surface area contributed by atoms with Crippen molar-refractivity contribution in [3.05, 3.63) is 0 Å². The van der Waals surface area contributed by atoms with E-state index in [2.05, 4.69) is 53.3 Å². The molecule has 0 amide bonds. The molecule has 2 aliphatic heterocycles. The molecule has 7 heteroatoms. The van der Waals surface area contributed by atoms with Crippen LogP contribution in [0.15, 0.2) is 4.99 Å². The van der Waals surface area contributed by atoms with Crippen molar-refractivity contribution in [1.82, 2.24) is 25.3 Å². The Kier molecular flexibility index (Phi) is 8.23. The summed E-state index contributed by atoms with van der Waals surface area (Å²) in [4.78, 5) is 12.4. The average molecular weight is 464 g/mol. The smallest absolute Gasteiger partial charge is 0.191 e. The van der Waals surface area contributed by atoms with E-state index in [1.807, 2.05) is 0 Å². The number of halogens is 1. The summed E-state index contributed by atoms with van der Waals surface area (Å²) in [5.41, 5.74) is 0. The second kappa shape index (κ2) is 9.71. The molecular formula is C18H37IN6. The highest BCUT2D eigenvalue weighted by Crippen LogP contribution is 2.33. The van der Waals surface area contributed by atoms with E-state index >= 15 is 0 Å². The van der Waals surface area contributed by atoms with Crippen LogP contribution in [0.1, 0.15) is 33.1 Å². The first kappa shape index (κ1) is 21.2. The van der Waals surface area contributed by atoms with Crippen LogP contribution in [0, 0.1) is 0 Å². The summed E-state index contributed by atoms with van der Waals surface area (Å²) < 4.78 is 0. The van der Waals surface area contributed by atoms with Gasteiger partial charge in [0, 0.05) is 56.9 Å². The minimum atomic E-state index is 0. The molecule has 1 saturated carbocycles. The summed E-state index contributed by atoms with van der Waals surface area (Å²) >= 11 is 0. The number of aliphatic imine (C=N–C) groups is 1. The topological polar surface area (TPSA) is 46.1 Å². The molecule has 0 aromatic rings. The number of guanidine groups is 1. The minimum absolute atomic E-state index is 0. The first-order chi connectivity index (χ1) is 11.6. The fourth-order valence-corrected chi connectivity index (χ4v) is 4.08. The maximum Gasteiger partial charge on any atom is 0.191 e. The molecule has 1 aliphatic carbocycles. The molecule has 0 bridgehead atoms. The average Bonchev–Trinajstić information content (AvgIpc) is 3.32. The van der Waals surface area contributed by atoms with Crippen LogP contribution in [0.2, 0.25) is 0 Å². The Morgan fingerprint density at radius 3 is 2.60 bits per heavy atom. The Hall–Kier alpha value is -0.120. The van der Waals surface area contributed by atoms with E-state index in [4.69, 9.17) is 4.99 Å². The molecule has 3 unspecified atom stereocenters. The number of piperazine rings is 1. The van der Waals surface area contributed by atoms with Crippen molar-refractivity contribution in [3.63, 3.8) is 0 Å². The van der Waals surface area contributed by atoms with Crippen LogP contribution in [-0.4, -0.2) is 98.2 Å². The van der Waals surface area contributed by atoms with Crippen molar-refractivity contribution >= 4 is 29.9 Å². The highest BCUT2D eigenvalue weighted by molar-refractivity contribution is 14.0. The molecule has 3 fully saturated rings. The van der Waals surface area contributed by atoms with Crippen LogP contribution in [0.4, 0.5) is 0 Å². The SMILES string of the molecule is CCNC(=NCC1CN(C)CCN1C)NC1CC(C)N(C2CC2)C1.I. The number of rotatable bonds is 5. The Bertz CT molecular complexity index is 441. The summed E-state index contributed by atoms with van der Waals surface area (Å²) in [6.07, 6.45) is 4.02. The van der Waals surface area contributed by atoms with E-state index in [9.17, 15) is 0 Å². The van der Waals surface area contributed by atoms with Gasteiger partial charge in [0.2, 0.25) is 0 Å². The van der Waals surface area contributed by atoms with Crippen molar-refractivity contribution in [3.8, 4) is 0 Å². The van der Waals surface area contributed by atoms with Crippen molar-refractivity contribution < 1.29 is 0 Å². The van der Waals surface area contributed by atoms with Crippen LogP contribution in [0.25, 0.3) is 0 Å². The standard InChI is InChI=1S/C18H36N6.HI/c1-5-19-18(20-11-17-13-22(3)8-9-23(17)4)21-15-10-14(2)24(12-15)16-6-7-16;/h14-17H,5-13H2,1-4H3,(H2,19,20,21);1H. The minimum Gasteiger partial charge on any atom is -0.357 e. The van der Waals surface area contributed by atoms with Gasteiger partial charge in [-0.2, -0.15) is 0 Å². The van der Waals surface area contributed by atoms with Gasteiger partial charge in [0.25, 0.3) is 0 Å². The number of hydrogen-bond donors (Lipinski definition) is 2. The normalized spacial score (nSPS) is 32.5.